The van der Waals surface area contributed by atoms with Crippen LogP contribution in [0, 0.1) is 0 Å². The van der Waals surface area contributed by atoms with Gasteiger partial charge in [-0.3, -0.25) is 4.79 Å². The molecule has 126 valence electrons. The highest BCUT2D eigenvalue weighted by molar-refractivity contribution is 5.82. The summed E-state index contributed by atoms with van der Waals surface area (Å²) in [5.41, 5.74) is 1.29. The van der Waals surface area contributed by atoms with Gasteiger partial charge in [0.15, 0.2) is 0 Å². The molecule has 2 aliphatic rings. The molecule has 9 heteroatoms. The Hall–Kier alpha value is -1.90. The van der Waals surface area contributed by atoms with Gasteiger partial charge in [-0.2, -0.15) is 13.2 Å². The van der Waals surface area contributed by atoms with E-state index < -0.39 is 12.1 Å². The third-order valence-electron chi connectivity index (χ3n) is 4.22. The van der Waals surface area contributed by atoms with Crippen molar-refractivity contribution >= 4 is 11.7 Å². The van der Waals surface area contributed by atoms with Gasteiger partial charge in [-0.05, 0) is 19.4 Å². The van der Waals surface area contributed by atoms with Gasteiger partial charge in [0.2, 0.25) is 0 Å². The van der Waals surface area contributed by atoms with Crippen molar-refractivity contribution in [2.24, 2.45) is 0 Å². The maximum Gasteiger partial charge on any atom is 0.471 e. The predicted octanol–water partition coefficient (Wildman–Crippen LogP) is 1.39. The van der Waals surface area contributed by atoms with Gasteiger partial charge in [-0.25, -0.2) is 9.97 Å². The molecule has 0 saturated carbocycles. The second kappa shape index (κ2) is 5.95. The van der Waals surface area contributed by atoms with Crippen LogP contribution in [0.5, 0.6) is 0 Å². The third-order valence-corrected chi connectivity index (χ3v) is 4.22. The molecule has 1 saturated heterocycles. The van der Waals surface area contributed by atoms with Crippen molar-refractivity contribution in [3.63, 3.8) is 0 Å². The van der Waals surface area contributed by atoms with Gasteiger partial charge in [-0.1, -0.05) is 0 Å². The topological polar surface area (TPSA) is 70.2 Å². The molecule has 6 nitrogen and oxygen atoms in total. The highest BCUT2D eigenvalue weighted by atomic mass is 19.4. The van der Waals surface area contributed by atoms with E-state index in [4.69, 9.17) is 0 Å². The van der Waals surface area contributed by atoms with Gasteiger partial charge in [0.25, 0.3) is 0 Å². The van der Waals surface area contributed by atoms with E-state index in [0.717, 1.165) is 30.0 Å². The zero-order chi connectivity index (χ0) is 16.6. The summed E-state index contributed by atoms with van der Waals surface area (Å²) in [4.78, 5) is 21.2. The Morgan fingerprint density at radius 3 is 2.78 bits per heavy atom. The SMILES string of the molecule is CNc1nc(C2CCCN2)nc2c1CN(C(=O)C(F)(F)F)CC2. The standard InChI is InChI=1S/C14H18F3N5O/c1-18-11-8-7-22(13(23)14(15,16)17)6-4-9(8)20-12(21-11)10-3-2-5-19-10/h10,19H,2-7H2,1H3,(H,18,20,21). The normalized spacial score (nSPS) is 21.2. The van der Waals surface area contributed by atoms with Gasteiger partial charge >= 0.3 is 12.1 Å². The minimum absolute atomic E-state index is 0.0169. The van der Waals surface area contributed by atoms with Crippen LogP contribution in [0.2, 0.25) is 0 Å². The smallest absolute Gasteiger partial charge is 0.373 e. The van der Waals surface area contributed by atoms with E-state index in [0.29, 0.717) is 23.6 Å². The number of nitrogens with zero attached hydrogens (tertiary/aromatic N) is 3. The zero-order valence-electron chi connectivity index (χ0n) is 12.7. The first-order valence-corrected chi connectivity index (χ1v) is 7.57. The number of carbonyl (C=O) groups is 1. The molecule has 2 N–H and O–H groups in total. The summed E-state index contributed by atoms with van der Waals surface area (Å²) < 4.78 is 37.8. The van der Waals surface area contributed by atoms with Crippen LogP contribution in [0.15, 0.2) is 0 Å². The van der Waals surface area contributed by atoms with E-state index in [-0.39, 0.29) is 19.1 Å². The molecule has 0 aliphatic carbocycles. The van der Waals surface area contributed by atoms with Gasteiger partial charge in [0.05, 0.1) is 18.3 Å². The highest BCUT2D eigenvalue weighted by Gasteiger charge is 2.43. The number of hydrogen-bond donors (Lipinski definition) is 2. The molecule has 0 radical (unpaired) electrons. The average molecular weight is 329 g/mol. The summed E-state index contributed by atoms with van der Waals surface area (Å²) in [6, 6.07) is 0.0854. The van der Waals surface area contributed by atoms with Crippen LogP contribution in [0.3, 0.4) is 0 Å². The summed E-state index contributed by atoms with van der Waals surface area (Å²) in [6.07, 6.45) is -2.56. The van der Waals surface area contributed by atoms with E-state index >= 15 is 0 Å². The number of hydrogen-bond acceptors (Lipinski definition) is 5. The third kappa shape index (κ3) is 3.10. The second-order valence-corrected chi connectivity index (χ2v) is 5.73. The zero-order valence-corrected chi connectivity index (χ0v) is 12.7. The van der Waals surface area contributed by atoms with Crippen molar-refractivity contribution in [1.29, 1.82) is 0 Å². The first-order chi connectivity index (χ1) is 10.9. The van der Waals surface area contributed by atoms with Crippen LogP contribution >= 0.6 is 0 Å². The monoisotopic (exact) mass is 329 g/mol. The molecule has 1 aromatic heterocycles. The molecular weight excluding hydrogens is 311 g/mol. The molecule has 1 unspecified atom stereocenters. The number of carbonyl (C=O) groups excluding carboxylic acids is 1. The molecule has 0 bridgehead atoms. The summed E-state index contributed by atoms with van der Waals surface area (Å²) in [5, 5.41) is 6.23. The summed E-state index contributed by atoms with van der Waals surface area (Å²) in [6.45, 7) is 0.805. The number of nitrogens with one attached hydrogen (secondary N) is 2. The van der Waals surface area contributed by atoms with Crippen LogP contribution in [0.4, 0.5) is 19.0 Å². The molecule has 2 aliphatic heterocycles. The minimum atomic E-state index is -4.86. The average Bonchev–Trinajstić information content (AvgIpc) is 3.06. The van der Waals surface area contributed by atoms with E-state index in [1.54, 1.807) is 7.05 Å². The van der Waals surface area contributed by atoms with Crippen molar-refractivity contribution in [2.45, 2.75) is 38.0 Å². The molecule has 1 aromatic rings. The number of fused-ring (bicyclic) bond motifs is 1. The van der Waals surface area contributed by atoms with E-state index in [9.17, 15) is 18.0 Å². The fourth-order valence-electron chi connectivity index (χ4n) is 3.05. The summed E-state index contributed by atoms with van der Waals surface area (Å²) in [5.74, 6) is -0.647. The van der Waals surface area contributed by atoms with Crippen molar-refractivity contribution in [3.8, 4) is 0 Å². The van der Waals surface area contributed by atoms with Crippen LogP contribution in [-0.2, 0) is 17.8 Å². The first-order valence-electron chi connectivity index (χ1n) is 7.57. The van der Waals surface area contributed by atoms with Gasteiger partial charge in [-0.15, -0.1) is 0 Å². The number of alkyl halides is 3. The minimum Gasteiger partial charge on any atom is -0.373 e. The first kappa shape index (κ1) is 16.0. The molecule has 23 heavy (non-hydrogen) atoms. The van der Waals surface area contributed by atoms with Crippen molar-refractivity contribution < 1.29 is 18.0 Å². The van der Waals surface area contributed by atoms with Crippen LogP contribution in [0.1, 0.15) is 36.0 Å². The fraction of sp³-hybridized carbons (Fsp3) is 0.643. The number of halogens is 3. The fourth-order valence-corrected chi connectivity index (χ4v) is 3.05. The Morgan fingerprint density at radius 2 is 2.17 bits per heavy atom. The maximum atomic E-state index is 12.6. The van der Waals surface area contributed by atoms with Crippen LogP contribution in [-0.4, -0.2) is 47.1 Å². The van der Waals surface area contributed by atoms with Crippen molar-refractivity contribution in [1.82, 2.24) is 20.2 Å². The lowest BCUT2D eigenvalue weighted by atomic mass is 10.0. The quantitative estimate of drug-likeness (QED) is 0.858. The Morgan fingerprint density at radius 1 is 1.39 bits per heavy atom. The Labute approximate surface area is 131 Å². The molecule has 1 atom stereocenters. The predicted molar refractivity (Wildman–Crippen MR) is 76.7 cm³/mol. The molecule has 3 rings (SSSR count). The molecule has 1 amide bonds. The van der Waals surface area contributed by atoms with Gasteiger partial charge in [0, 0.05) is 25.6 Å². The van der Waals surface area contributed by atoms with Crippen molar-refractivity contribution in [2.75, 3.05) is 25.5 Å². The number of rotatable bonds is 2. The molecule has 3 heterocycles. The number of amides is 1. The van der Waals surface area contributed by atoms with E-state index in [1.165, 1.54) is 0 Å². The Balaban J connectivity index is 1.89. The van der Waals surface area contributed by atoms with E-state index in [1.807, 2.05) is 0 Å². The number of anilines is 1. The molecule has 0 spiro atoms. The van der Waals surface area contributed by atoms with Gasteiger partial charge in [0.1, 0.15) is 11.6 Å². The van der Waals surface area contributed by atoms with E-state index in [2.05, 4.69) is 20.6 Å². The largest absolute Gasteiger partial charge is 0.471 e. The molecule has 1 fully saturated rings. The lowest BCUT2D eigenvalue weighted by Gasteiger charge is -2.30. The Kier molecular flexibility index (Phi) is 4.13. The maximum absolute atomic E-state index is 12.6. The van der Waals surface area contributed by atoms with Gasteiger partial charge < -0.3 is 15.5 Å². The van der Waals surface area contributed by atoms with Crippen LogP contribution in [0.25, 0.3) is 0 Å². The van der Waals surface area contributed by atoms with Crippen LogP contribution < -0.4 is 10.6 Å². The Bertz CT molecular complexity index is 596. The highest BCUT2D eigenvalue weighted by Crippen LogP contribution is 2.29. The summed E-state index contributed by atoms with van der Waals surface area (Å²) >= 11 is 0. The van der Waals surface area contributed by atoms with Crippen molar-refractivity contribution in [3.05, 3.63) is 17.1 Å². The second-order valence-electron chi connectivity index (χ2n) is 5.73. The summed E-state index contributed by atoms with van der Waals surface area (Å²) in [7, 11) is 1.67. The lowest BCUT2D eigenvalue weighted by Crippen LogP contribution is -2.44. The lowest BCUT2D eigenvalue weighted by molar-refractivity contribution is -0.186. The number of aromatic nitrogens is 2. The molecular formula is C14H18F3N5O. The molecule has 0 aromatic carbocycles.